The minimum absolute atomic E-state index is 0.00200. The van der Waals surface area contributed by atoms with Crippen molar-refractivity contribution < 1.29 is 13.2 Å². The summed E-state index contributed by atoms with van der Waals surface area (Å²) >= 11 is 6.00. The topological polar surface area (TPSA) is 66.5 Å². The number of sulfonamides is 1. The molecule has 1 amide bonds. The number of hydrogen-bond acceptors (Lipinski definition) is 3. The largest absolute Gasteiger partial charge is 0.356 e. The summed E-state index contributed by atoms with van der Waals surface area (Å²) in [5, 5.41) is 3.68. The SMILES string of the molecule is Cc1cc(C)c(C)c(S(=O)(=O)N2CCC(C(=O)NCCc3cccc(Cl)c3)CC2)c1C. The number of piperidine rings is 1. The lowest BCUT2D eigenvalue weighted by Crippen LogP contribution is -2.43. The molecule has 1 aliphatic rings. The number of nitrogens with zero attached hydrogens (tertiary/aromatic N) is 1. The van der Waals surface area contributed by atoms with Gasteiger partial charge in [0.25, 0.3) is 0 Å². The minimum Gasteiger partial charge on any atom is -0.356 e. The maximum Gasteiger partial charge on any atom is 0.243 e. The molecule has 1 heterocycles. The number of halogens is 1. The third-order valence-electron chi connectivity index (χ3n) is 6.32. The van der Waals surface area contributed by atoms with Gasteiger partial charge in [0.2, 0.25) is 15.9 Å². The molecule has 0 aromatic heterocycles. The molecule has 0 aliphatic carbocycles. The normalized spacial score (nSPS) is 15.8. The molecule has 5 nitrogen and oxygen atoms in total. The molecular weight excluding hydrogens is 432 g/mol. The molecule has 0 bridgehead atoms. The van der Waals surface area contributed by atoms with Crippen LogP contribution in [0.15, 0.2) is 35.2 Å². The van der Waals surface area contributed by atoms with Gasteiger partial charge in [0, 0.05) is 30.6 Å². The van der Waals surface area contributed by atoms with Gasteiger partial charge in [-0.05, 0) is 86.9 Å². The summed E-state index contributed by atoms with van der Waals surface area (Å²) in [5.41, 5.74) is 4.66. The van der Waals surface area contributed by atoms with Gasteiger partial charge in [-0.2, -0.15) is 4.31 Å². The first-order chi connectivity index (χ1) is 14.6. The number of nitrogens with one attached hydrogen (secondary N) is 1. The van der Waals surface area contributed by atoms with Crippen LogP contribution < -0.4 is 5.32 Å². The highest BCUT2D eigenvalue weighted by Gasteiger charge is 2.34. The zero-order valence-corrected chi connectivity index (χ0v) is 20.2. The van der Waals surface area contributed by atoms with Crippen molar-refractivity contribution in [1.29, 1.82) is 0 Å². The van der Waals surface area contributed by atoms with Gasteiger partial charge in [-0.1, -0.05) is 29.8 Å². The first-order valence-electron chi connectivity index (χ1n) is 10.7. The van der Waals surface area contributed by atoms with Gasteiger partial charge in [-0.3, -0.25) is 4.79 Å². The standard InChI is InChI=1S/C24H31ClN2O3S/c1-16-14-17(2)19(4)23(18(16)3)31(29,30)27-12-9-21(10-13-27)24(28)26-11-8-20-6-5-7-22(25)15-20/h5-7,14-15,21H,8-13H2,1-4H3,(H,26,28). The molecule has 0 saturated carbocycles. The average Bonchev–Trinajstić information content (AvgIpc) is 2.72. The average molecular weight is 463 g/mol. The summed E-state index contributed by atoms with van der Waals surface area (Å²) in [7, 11) is -3.59. The Balaban J connectivity index is 1.59. The molecule has 0 radical (unpaired) electrons. The Morgan fingerprint density at radius 2 is 1.68 bits per heavy atom. The fourth-order valence-electron chi connectivity index (χ4n) is 4.22. The monoisotopic (exact) mass is 462 g/mol. The van der Waals surface area contributed by atoms with Crippen LogP contribution in [0.2, 0.25) is 5.02 Å². The van der Waals surface area contributed by atoms with Crippen LogP contribution in [0.1, 0.15) is 40.7 Å². The zero-order valence-electron chi connectivity index (χ0n) is 18.7. The summed E-state index contributed by atoms with van der Waals surface area (Å²) < 4.78 is 28.3. The fraction of sp³-hybridized carbons (Fsp3) is 0.458. The molecule has 168 valence electrons. The highest BCUT2D eigenvalue weighted by molar-refractivity contribution is 7.89. The van der Waals surface area contributed by atoms with E-state index in [0.29, 0.717) is 48.8 Å². The Hall–Kier alpha value is -1.89. The van der Waals surface area contributed by atoms with Gasteiger partial charge in [-0.25, -0.2) is 8.42 Å². The molecule has 1 aliphatic heterocycles. The van der Waals surface area contributed by atoms with Crippen LogP contribution in [-0.2, 0) is 21.2 Å². The summed E-state index contributed by atoms with van der Waals surface area (Å²) in [5.74, 6) is -0.162. The molecule has 1 saturated heterocycles. The summed E-state index contributed by atoms with van der Waals surface area (Å²) in [4.78, 5) is 13.0. The third kappa shape index (κ3) is 5.30. The van der Waals surface area contributed by atoms with Crippen LogP contribution in [-0.4, -0.2) is 38.3 Å². The Bertz CT molecular complexity index is 1050. The van der Waals surface area contributed by atoms with Crippen molar-refractivity contribution in [3.63, 3.8) is 0 Å². The van der Waals surface area contributed by atoms with E-state index >= 15 is 0 Å². The lowest BCUT2D eigenvalue weighted by molar-refractivity contribution is -0.126. The third-order valence-corrected chi connectivity index (χ3v) is 8.73. The second kappa shape index (κ2) is 9.72. The van der Waals surface area contributed by atoms with Gasteiger partial charge in [-0.15, -0.1) is 0 Å². The smallest absolute Gasteiger partial charge is 0.243 e. The van der Waals surface area contributed by atoms with Crippen molar-refractivity contribution in [2.75, 3.05) is 19.6 Å². The number of rotatable bonds is 6. The quantitative estimate of drug-likeness (QED) is 0.694. The predicted molar refractivity (Wildman–Crippen MR) is 125 cm³/mol. The molecule has 3 rings (SSSR count). The first kappa shape index (κ1) is 23.8. The van der Waals surface area contributed by atoms with Crippen LogP contribution >= 0.6 is 11.6 Å². The number of benzene rings is 2. The highest BCUT2D eigenvalue weighted by atomic mass is 35.5. The van der Waals surface area contributed by atoms with Gasteiger partial charge in [0.05, 0.1) is 4.90 Å². The molecule has 2 aromatic carbocycles. The van der Waals surface area contributed by atoms with Crippen molar-refractivity contribution in [3.05, 3.63) is 63.2 Å². The van der Waals surface area contributed by atoms with E-state index in [-0.39, 0.29) is 11.8 Å². The lowest BCUT2D eigenvalue weighted by atomic mass is 9.97. The van der Waals surface area contributed by atoms with E-state index in [1.165, 1.54) is 4.31 Å². The Morgan fingerprint density at radius 1 is 1.06 bits per heavy atom. The number of carbonyl (C=O) groups is 1. The molecule has 7 heteroatoms. The van der Waals surface area contributed by atoms with Crippen LogP contribution in [0.3, 0.4) is 0 Å². The van der Waals surface area contributed by atoms with Gasteiger partial charge >= 0.3 is 0 Å². The van der Waals surface area contributed by atoms with E-state index in [1.54, 1.807) is 0 Å². The van der Waals surface area contributed by atoms with Crippen molar-refractivity contribution in [1.82, 2.24) is 9.62 Å². The van der Waals surface area contributed by atoms with Crippen molar-refractivity contribution in [2.45, 2.75) is 51.9 Å². The fourth-order valence-corrected chi connectivity index (χ4v) is 6.48. The molecule has 31 heavy (non-hydrogen) atoms. The number of hydrogen-bond donors (Lipinski definition) is 1. The van der Waals surface area contributed by atoms with Crippen molar-refractivity contribution in [3.8, 4) is 0 Å². The van der Waals surface area contributed by atoms with Crippen LogP contribution in [0.4, 0.5) is 0 Å². The Labute approximate surface area is 190 Å². The Kier molecular flexibility index (Phi) is 7.45. The number of carbonyl (C=O) groups excluding carboxylic acids is 1. The zero-order chi connectivity index (χ0) is 22.8. The van der Waals surface area contributed by atoms with Crippen LogP contribution in [0.5, 0.6) is 0 Å². The maximum absolute atomic E-state index is 13.4. The van der Waals surface area contributed by atoms with E-state index in [1.807, 2.05) is 58.0 Å². The highest BCUT2D eigenvalue weighted by Crippen LogP contribution is 2.31. The van der Waals surface area contributed by atoms with Gasteiger partial charge < -0.3 is 5.32 Å². The first-order valence-corrected chi connectivity index (χ1v) is 12.5. The van der Waals surface area contributed by atoms with E-state index < -0.39 is 10.0 Å². The van der Waals surface area contributed by atoms with Crippen LogP contribution in [0.25, 0.3) is 0 Å². The minimum atomic E-state index is -3.59. The van der Waals surface area contributed by atoms with Gasteiger partial charge in [0.1, 0.15) is 0 Å². The van der Waals surface area contributed by atoms with E-state index in [4.69, 9.17) is 11.6 Å². The summed E-state index contributed by atoms with van der Waals surface area (Å²) in [6.45, 7) is 8.89. The molecule has 0 unspecified atom stereocenters. The second-order valence-corrected chi connectivity index (χ2v) is 10.8. The number of amides is 1. The van der Waals surface area contributed by atoms with Gasteiger partial charge in [0.15, 0.2) is 0 Å². The molecule has 1 N–H and O–H groups in total. The molecule has 1 fully saturated rings. The molecule has 0 atom stereocenters. The predicted octanol–water partition coefficient (Wildman–Crippen LogP) is 4.33. The van der Waals surface area contributed by atoms with Crippen LogP contribution in [0, 0.1) is 33.6 Å². The second-order valence-electron chi connectivity index (χ2n) is 8.44. The lowest BCUT2D eigenvalue weighted by Gasteiger charge is -2.31. The Morgan fingerprint density at radius 3 is 2.26 bits per heavy atom. The maximum atomic E-state index is 13.4. The summed E-state index contributed by atoms with van der Waals surface area (Å²) in [6.07, 6.45) is 1.78. The van der Waals surface area contributed by atoms with E-state index in [9.17, 15) is 13.2 Å². The number of aryl methyl sites for hydroxylation is 2. The molecule has 2 aromatic rings. The van der Waals surface area contributed by atoms with E-state index in [0.717, 1.165) is 27.8 Å². The summed E-state index contributed by atoms with van der Waals surface area (Å²) in [6, 6.07) is 9.64. The van der Waals surface area contributed by atoms with E-state index in [2.05, 4.69) is 5.32 Å². The van der Waals surface area contributed by atoms with Crippen molar-refractivity contribution in [2.24, 2.45) is 5.92 Å². The molecule has 0 spiro atoms. The van der Waals surface area contributed by atoms with Crippen molar-refractivity contribution >= 4 is 27.5 Å². The molecular formula is C24H31ClN2O3S.